The Kier molecular flexibility index (Phi) is 6.77. The molecular formula is C15H24N2O2S2. The van der Waals surface area contributed by atoms with Gasteiger partial charge >= 0.3 is 0 Å². The number of thiocarbonyl (C=S) groups is 1. The van der Waals surface area contributed by atoms with Gasteiger partial charge in [-0.25, -0.2) is 8.42 Å². The molecule has 0 radical (unpaired) electrons. The molecular weight excluding hydrogens is 304 g/mol. The molecule has 2 N–H and O–H groups in total. The van der Waals surface area contributed by atoms with E-state index in [1.807, 2.05) is 26.0 Å². The van der Waals surface area contributed by atoms with Gasteiger partial charge in [0.05, 0.1) is 9.88 Å². The third kappa shape index (κ3) is 5.05. The van der Waals surface area contributed by atoms with E-state index >= 15 is 0 Å². The number of hydrogen-bond acceptors (Lipinski definition) is 3. The van der Waals surface area contributed by atoms with E-state index in [2.05, 4.69) is 6.92 Å². The van der Waals surface area contributed by atoms with E-state index in [1.54, 1.807) is 12.1 Å². The molecule has 0 fully saturated rings. The molecule has 1 rings (SSSR count). The first-order valence-electron chi connectivity index (χ1n) is 7.18. The molecule has 118 valence electrons. The zero-order chi connectivity index (χ0) is 16.0. The van der Waals surface area contributed by atoms with E-state index < -0.39 is 10.0 Å². The van der Waals surface area contributed by atoms with Crippen LogP contribution in [0.15, 0.2) is 29.2 Å². The normalized spacial score (nSPS) is 12.0. The minimum atomic E-state index is -3.51. The first kappa shape index (κ1) is 18.1. The summed E-state index contributed by atoms with van der Waals surface area (Å²) >= 11 is 4.84. The summed E-state index contributed by atoms with van der Waals surface area (Å²) in [5.41, 5.74) is 6.63. The largest absolute Gasteiger partial charge is 0.393 e. The highest BCUT2D eigenvalue weighted by molar-refractivity contribution is 7.89. The lowest BCUT2D eigenvalue weighted by Crippen LogP contribution is -2.38. The van der Waals surface area contributed by atoms with Crippen molar-refractivity contribution < 1.29 is 8.42 Å². The second kappa shape index (κ2) is 7.87. The van der Waals surface area contributed by atoms with Crippen molar-refractivity contribution in [3.8, 4) is 0 Å². The van der Waals surface area contributed by atoms with Crippen LogP contribution < -0.4 is 5.73 Å². The molecule has 0 aromatic heterocycles. The van der Waals surface area contributed by atoms with Gasteiger partial charge in [0.1, 0.15) is 0 Å². The Morgan fingerprint density at radius 1 is 1.29 bits per heavy atom. The lowest BCUT2D eigenvalue weighted by molar-refractivity contribution is 0.362. The van der Waals surface area contributed by atoms with Crippen molar-refractivity contribution in [2.45, 2.75) is 51.0 Å². The number of hydrogen-bond donors (Lipinski definition) is 1. The van der Waals surface area contributed by atoms with Gasteiger partial charge in [-0.1, -0.05) is 37.7 Å². The van der Waals surface area contributed by atoms with Crippen molar-refractivity contribution >= 4 is 27.2 Å². The predicted octanol–water partition coefficient (Wildman–Crippen LogP) is 2.71. The Morgan fingerprint density at radius 2 is 1.86 bits per heavy atom. The van der Waals surface area contributed by atoms with Gasteiger partial charge in [-0.3, -0.25) is 0 Å². The summed E-state index contributed by atoms with van der Waals surface area (Å²) in [5, 5.41) is 0. The SMILES string of the molecule is CCCc1ccc(S(=O)(=O)N(CCC(N)=S)C(C)C)cc1. The van der Waals surface area contributed by atoms with Crippen LogP contribution in [-0.4, -0.2) is 30.3 Å². The number of nitrogens with zero attached hydrogens (tertiary/aromatic N) is 1. The molecule has 0 aliphatic rings. The molecule has 0 bridgehead atoms. The lowest BCUT2D eigenvalue weighted by atomic mass is 10.1. The van der Waals surface area contributed by atoms with Crippen molar-refractivity contribution in [1.82, 2.24) is 4.31 Å². The summed E-state index contributed by atoms with van der Waals surface area (Å²) in [6.07, 6.45) is 2.38. The molecule has 1 aromatic carbocycles. The summed E-state index contributed by atoms with van der Waals surface area (Å²) < 4.78 is 26.8. The van der Waals surface area contributed by atoms with E-state index in [1.165, 1.54) is 4.31 Å². The van der Waals surface area contributed by atoms with Crippen LogP contribution in [0.5, 0.6) is 0 Å². The summed E-state index contributed by atoms with van der Waals surface area (Å²) in [4.78, 5) is 0.646. The van der Waals surface area contributed by atoms with E-state index in [0.717, 1.165) is 18.4 Å². The molecule has 0 aliphatic heterocycles. The zero-order valence-electron chi connectivity index (χ0n) is 12.9. The van der Waals surface area contributed by atoms with Crippen LogP contribution in [0.2, 0.25) is 0 Å². The quantitative estimate of drug-likeness (QED) is 0.745. The molecule has 0 saturated heterocycles. The maximum absolute atomic E-state index is 12.7. The minimum absolute atomic E-state index is 0.139. The van der Waals surface area contributed by atoms with E-state index in [9.17, 15) is 8.42 Å². The standard InChI is InChI=1S/C15H24N2O2S2/c1-4-5-13-6-8-14(9-7-13)21(18,19)17(12(2)3)11-10-15(16)20/h6-9,12H,4-5,10-11H2,1-3H3,(H2,16,20). The molecule has 0 unspecified atom stereocenters. The fourth-order valence-corrected chi connectivity index (χ4v) is 3.86. The third-order valence-corrected chi connectivity index (χ3v) is 5.52. The Morgan fingerprint density at radius 3 is 2.29 bits per heavy atom. The average molecular weight is 329 g/mol. The first-order valence-corrected chi connectivity index (χ1v) is 9.03. The van der Waals surface area contributed by atoms with Gasteiger partial charge in [0.2, 0.25) is 10.0 Å². The number of aryl methyl sites for hydroxylation is 1. The Labute approximate surface area is 133 Å². The van der Waals surface area contributed by atoms with Crippen molar-refractivity contribution in [2.24, 2.45) is 5.73 Å². The molecule has 1 aromatic rings. The summed E-state index contributed by atoms with van der Waals surface area (Å²) in [7, 11) is -3.51. The Balaban J connectivity index is 3.01. The van der Waals surface area contributed by atoms with Crippen LogP contribution in [0.3, 0.4) is 0 Å². The van der Waals surface area contributed by atoms with Crippen molar-refractivity contribution in [1.29, 1.82) is 0 Å². The smallest absolute Gasteiger partial charge is 0.243 e. The highest BCUT2D eigenvalue weighted by Crippen LogP contribution is 2.19. The van der Waals surface area contributed by atoms with Crippen LogP contribution in [0.4, 0.5) is 0 Å². The van der Waals surface area contributed by atoms with Gasteiger partial charge < -0.3 is 5.73 Å². The van der Waals surface area contributed by atoms with Gasteiger partial charge in [0.25, 0.3) is 0 Å². The Hall–Kier alpha value is -0.980. The topological polar surface area (TPSA) is 63.4 Å². The van der Waals surface area contributed by atoms with Gasteiger partial charge in [-0.05, 0) is 38.0 Å². The van der Waals surface area contributed by atoms with Gasteiger partial charge in [-0.2, -0.15) is 4.31 Å². The van der Waals surface area contributed by atoms with E-state index in [0.29, 0.717) is 22.8 Å². The molecule has 6 heteroatoms. The maximum Gasteiger partial charge on any atom is 0.243 e. The maximum atomic E-state index is 12.7. The zero-order valence-corrected chi connectivity index (χ0v) is 14.5. The highest BCUT2D eigenvalue weighted by atomic mass is 32.2. The number of nitrogens with two attached hydrogens (primary N) is 1. The molecule has 0 amide bonds. The van der Waals surface area contributed by atoms with Crippen LogP contribution in [0.1, 0.15) is 39.2 Å². The van der Waals surface area contributed by atoms with Gasteiger partial charge in [0.15, 0.2) is 0 Å². The minimum Gasteiger partial charge on any atom is -0.393 e. The molecule has 0 aliphatic carbocycles. The van der Waals surface area contributed by atoms with E-state index in [-0.39, 0.29) is 6.04 Å². The molecule has 0 heterocycles. The fraction of sp³-hybridized carbons (Fsp3) is 0.533. The lowest BCUT2D eigenvalue weighted by Gasteiger charge is -2.25. The molecule has 4 nitrogen and oxygen atoms in total. The first-order chi connectivity index (χ1) is 9.78. The van der Waals surface area contributed by atoms with Crippen molar-refractivity contribution in [2.75, 3.05) is 6.54 Å². The van der Waals surface area contributed by atoms with Crippen LogP contribution in [0.25, 0.3) is 0 Å². The van der Waals surface area contributed by atoms with Crippen molar-refractivity contribution in [3.05, 3.63) is 29.8 Å². The molecule has 0 spiro atoms. The van der Waals surface area contributed by atoms with Crippen LogP contribution in [-0.2, 0) is 16.4 Å². The van der Waals surface area contributed by atoms with Gasteiger partial charge in [-0.15, -0.1) is 0 Å². The fourth-order valence-electron chi connectivity index (χ4n) is 2.13. The predicted molar refractivity (Wildman–Crippen MR) is 90.9 cm³/mol. The summed E-state index contributed by atoms with van der Waals surface area (Å²) in [5.74, 6) is 0. The van der Waals surface area contributed by atoms with Crippen molar-refractivity contribution in [3.63, 3.8) is 0 Å². The second-order valence-electron chi connectivity index (χ2n) is 5.32. The molecule has 0 atom stereocenters. The van der Waals surface area contributed by atoms with Crippen LogP contribution in [0, 0.1) is 0 Å². The van der Waals surface area contributed by atoms with Gasteiger partial charge in [0, 0.05) is 19.0 Å². The summed E-state index contributed by atoms with van der Waals surface area (Å²) in [6.45, 7) is 6.11. The number of rotatable bonds is 8. The number of benzene rings is 1. The monoisotopic (exact) mass is 328 g/mol. The summed E-state index contributed by atoms with van der Waals surface area (Å²) in [6, 6.07) is 6.97. The highest BCUT2D eigenvalue weighted by Gasteiger charge is 2.26. The number of sulfonamides is 1. The van der Waals surface area contributed by atoms with E-state index in [4.69, 9.17) is 18.0 Å². The average Bonchev–Trinajstić information content (AvgIpc) is 2.38. The second-order valence-corrected chi connectivity index (χ2v) is 7.73. The Bertz CT molecular complexity index is 566. The molecule has 0 saturated carbocycles. The van der Waals surface area contributed by atoms with Crippen LogP contribution >= 0.6 is 12.2 Å². The third-order valence-electron chi connectivity index (χ3n) is 3.22. The molecule has 21 heavy (non-hydrogen) atoms.